The molecule has 5 nitrogen and oxygen atoms in total. The molecule has 0 saturated carbocycles. The minimum atomic E-state index is -0.119. The van der Waals surface area contributed by atoms with E-state index in [1.807, 2.05) is 37.3 Å². The van der Waals surface area contributed by atoms with E-state index >= 15 is 0 Å². The molecule has 1 heterocycles. The topological polar surface area (TPSA) is 69.2 Å². The van der Waals surface area contributed by atoms with Gasteiger partial charge in [-0.2, -0.15) is 0 Å². The third-order valence-corrected chi connectivity index (χ3v) is 3.25. The number of rotatable bonds is 7. The smallest absolute Gasteiger partial charge is 0.251 e. The zero-order valence-corrected chi connectivity index (χ0v) is 12.2. The fourth-order valence-electron chi connectivity index (χ4n) is 2.20. The molecule has 1 aromatic carbocycles. The normalized spacial score (nSPS) is 10.6. The van der Waals surface area contributed by atoms with Crippen molar-refractivity contribution in [3.05, 3.63) is 58.3 Å². The van der Waals surface area contributed by atoms with Crippen molar-refractivity contribution in [2.75, 3.05) is 18.1 Å². The van der Waals surface area contributed by atoms with E-state index in [-0.39, 0.29) is 12.2 Å². The Bertz CT molecular complexity index is 610. The second-order valence-corrected chi connectivity index (χ2v) is 4.87. The van der Waals surface area contributed by atoms with Gasteiger partial charge in [0.25, 0.3) is 5.56 Å². The van der Waals surface area contributed by atoms with Gasteiger partial charge in [0.15, 0.2) is 0 Å². The maximum atomic E-state index is 11.6. The fourth-order valence-corrected chi connectivity index (χ4v) is 2.20. The van der Waals surface area contributed by atoms with E-state index in [9.17, 15) is 4.79 Å². The van der Waals surface area contributed by atoms with Gasteiger partial charge in [-0.3, -0.25) is 4.79 Å². The maximum Gasteiger partial charge on any atom is 0.251 e. The maximum absolute atomic E-state index is 11.6. The van der Waals surface area contributed by atoms with Crippen LogP contribution in [0.4, 0.5) is 5.69 Å². The van der Waals surface area contributed by atoms with Crippen molar-refractivity contribution in [1.82, 2.24) is 9.97 Å². The minimum Gasteiger partial charge on any atom is -0.396 e. The first-order valence-corrected chi connectivity index (χ1v) is 7.23. The Balaban J connectivity index is 2.22. The Morgan fingerprint density at radius 1 is 1.29 bits per heavy atom. The molecule has 0 atom stereocenters. The summed E-state index contributed by atoms with van der Waals surface area (Å²) >= 11 is 0. The lowest BCUT2D eigenvalue weighted by atomic mass is 10.2. The van der Waals surface area contributed by atoms with Gasteiger partial charge in [0.1, 0.15) is 5.82 Å². The first-order chi connectivity index (χ1) is 10.2. The minimum absolute atomic E-state index is 0.119. The van der Waals surface area contributed by atoms with Gasteiger partial charge in [-0.05, 0) is 25.0 Å². The number of hydrogen-bond donors (Lipinski definition) is 2. The number of nitrogens with zero attached hydrogens (tertiary/aromatic N) is 2. The molecule has 0 aliphatic carbocycles. The Morgan fingerprint density at radius 3 is 2.71 bits per heavy atom. The lowest BCUT2D eigenvalue weighted by Gasteiger charge is -2.24. The Morgan fingerprint density at radius 2 is 2.05 bits per heavy atom. The average Bonchev–Trinajstić information content (AvgIpc) is 2.51. The summed E-state index contributed by atoms with van der Waals surface area (Å²) in [5.74, 6) is 0.654. The first kappa shape index (κ1) is 15.3. The molecular formula is C16H21N3O2. The van der Waals surface area contributed by atoms with Crippen LogP contribution in [0.3, 0.4) is 0 Å². The zero-order valence-electron chi connectivity index (χ0n) is 12.2. The summed E-state index contributed by atoms with van der Waals surface area (Å²) in [6.07, 6.45) is 1.41. The molecule has 0 aliphatic rings. The molecule has 0 bridgehead atoms. The lowest BCUT2D eigenvalue weighted by Crippen LogP contribution is -2.27. The van der Waals surface area contributed by atoms with Crippen LogP contribution in [0.1, 0.15) is 24.9 Å². The molecule has 2 aromatic rings. The van der Waals surface area contributed by atoms with Crippen molar-refractivity contribution in [3.8, 4) is 0 Å². The molecule has 1 aromatic heterocycles. The average molecular weight is 287 g/mol. The van der Waals surface area contributed by atoms with Gasteiger partial charge in [0.05, 0.1) is 6.54 Å². The molecule has 0 unspecified atom stereocenters. The largest absolute Gasteiger partial charge is 0.396 e. The van der Waals surface area contributed by atoms with Crippen LogP contribution in [0.15, 0.2) is 41.2 Å². The van der Waals surface area contributed by atoms with Gasteiger partial charge in [-0.15, -0.1) is 0 Å². The van der Waals surface area contributed by atoms with Crippen LogP contribution in [-0.4, -0.2) is 28.2 Å². The third kappa shape index (κ3) is 4.43. The molecule has 0 radical (unpaired) electrons. The molecule has 0 amide bonds. The molecule has 0 saturated heterocycles. The van der Waals surface area contributed by atoms with Gasteiger partial charge >= 0.3 is 0 Å². The quantitative estimate of drug-likeness (QED) is 0.813. The van der Waals surface area contributed by atoms with E-state index in [1.54, 1.807) is 0 Å². The number of para-hydroxylation sites is 1. The van der Waals surface area contributed by atoms with Crippen molar-refractivity contribution in [3.63, 3.8) is 0 Å². The van der Waals surface area contributed by atoms with E-state index in [0.717, 1.165) is 17.8 Å². The predicted molar refractivity (Wildman–Crippen MR) is 83.4 cm³/mol. The monoisotopic (exact) mass is 287 g/mol. The Labute approximate surface area is 124 Å². The summed E-state index contributed by atoms with van der Waals surface area (Å²) in [5.41, 5.74) is 1.73. The second-order valence-electron chi connectivity index (χ2n) is 4.87. The van der Waals surface area contributed by atoms with Crippen molar-refractivity contribution >= 4 is 5.69 Å². The van der Waals surface area contributed by atoms with E-state index in [0.29, 0.717) is 25.3 Å². The molecule has 112 valence electrons. The van der Waals surface area contributed by atoms with Crippen molar-refractivity contribution in [1.29, 1.82) is 0 Å². The molecular weight excluding hydrogens is 266 g/mol. The van der Waals surface area contributed by atoms with E-state index < -0.39 is 0 Å². The van der Waals surface area contributed by atoms with Crippen LogP contribution >= 0.6 is 0 Å². The van der Waals surface area contributed by atoms with Crippen LogP contribution in [0.25, 0.3) is 0 Å². The van der Waals surface area contributed by atoms with E-state index in [1.165, 1.54) is 6.07 Å². The molecule has 2 N–H and O–H groups in total. The fraction of sp³-hybridized carbons (Fsp3) is 0.375. The highest BCUT2D eigenvalue weighted by Gasteiger charge is 2.09. The number of anilines is 1. The summed E-state index contributed by atoms with van der Waals surface area (Å²) in [6, 6.07) is 11.5. The van der Waals surface area contributed by atoms with Crippen LogP contribution in [-0.2, 0) is 13.0 Å². The summed E-state index contributed by atoms with van der Waals surface area (Å²) in [6.45, 7) is 3.35. The van der Waals surface area contributed by atoms with Crippen LogP contribution in [0.5, 0.6) is 0 Å². The summed E-state index contributed by atoms with van der Waals surface area (Å²) in [5, 5.41) is 9.05. The molecule has 0 aliphatic heterocycles. The van der Waals surface area contributed by atoms with Gasteiger partial charge in [-0.1, -0.05) is 25.1 Å². The van der Waals surface area contributed by atoms with Crippen LogP contribution in [0.2, 0.25) is 0 Å². The number of aliphatic hydroxyl groups is 1. The third-order valence-electron chi connectivity index (χ3n) is 3.25. The van der Waals surface area contributed by atoms with Gasteiger partial charge in [-0.25, -0.2) is 4.98 Å². The van der Waals surface area contributed by atoms with Crippen LogP contribution in [0, 0.1) is 0 Å². The van der Waals surface area contributed by atoms with Gasteiger partial charge in [0.2, 0.25) is 0 Å². The van der Waals surface area contributed by atoms with E-state index in [2.05, 4.69) is 14.9 Å². The van der Waals surface area contributed by atoms with Gasteiger partial charge in [0, 0.05) is 30.6 Å². The number of aliphatic hydroxyl groups excluding tert-OH is 1. The molecule has 2 rings (SSSR count). The number of aromatic amines is 1. The summed E-state index contributed by atoms with van der Waals surface area (Å²) < 4.78 is 0. The first-order valence-electron chi connectivity index (χ1n) is 7.23. The van der Waals surface area contributed by atoms with E-state index in [4.69, 9.17) is 5.11 Å². The van der Waals surface area contributed by atoms with Crippen molar-refractivity contribution < 1.29 is 5.11 Å². The molecule has 5 heteroatoms. The van der Waals surface area contributed by atoms with Crippen molar-refractivity contribution in [2.24, 2.45) is 0 Å². The number of nitrogens with one attached hydrogen (secondary N) is 1. The number of aryl methyl sites for hydroxylation is 1. The highest BCUT2D eigenvalue weighted by molar-refractivity contribution is 5.45. The SMILES string of the molecule is CCc1cc(=O)[nH]c(CN(CCCO)c2ccccc2)n1. The zero-order chi connectivity index (χ0) is 15.1. The predicted octanol–water partition coefficient (Wildman–Crippen LogP) is 1.72. The lowest BCUT2D eigenvalue weighted by molar-refractivity contribution is 0.289. The Hall–Kier alpha value is -2.14. The highest BCUT2D eigenvalue weighted by Crippen LogP contribution is 2.15. The van der Waals surface area contributed by atoms with Gasteiger partial charge < -0.3 is 15.0 Å². The standard InChI is InChI=1S/C16H21N3O2/c1-2-13-11-16(21)18-15(17-13)12-19(9-6-10-20)14-7-4-3-5-8-14/h3-5,7-8,11,20H,2,6,9-10,12H2,1H3,(H,17,18,21). The second kappa shape index (κ2) is 7.59. The summed E-state index contributed by atoms with van der Waals surface area (Å²) in [4.78, 5) is 21.0. The number of benzene rings is 1. The molecule has 0 fully saturated rings. The molecule has 0 spiro atoms. The number of hydrogen-bond acceptors (Lipinski definition) is 4. The van der Waals surface area contributed by atoms with Crippen molar-refractivity contribution in [2.45, 2.75) is 26.3 Å². The highest BCUT2D eigenvalue weighted by atomic mass is 16.3. The Kier molecular flexibility index (Phi) is 5.51. The number of H-pyrrole nitrogens is 1. The van der Waals surface area contributed by atoms with Crippen LogP contribution < -0.4 is 10.5 Å². The number of aromatic nitrogens is 2. The summed E-state index contributed by atoms with van der Waals surface area (Å²) in [7, 11) is 0. The molecule has 21 heavy (non-hydrogen) atoms.